The molecule has 1 atom stereocenters. The van der Waals surface area contributed by atoms with E-state index in [1.807, 2.05) is 0 Å². The van der Waals surface area contributed by atoms with Gasteiger partial charge in [-0.2, -0.15) is 18.3 Å². The van der Waals surface area contributed by atoms with E-state index < -0.39 is 17.3 Å². The Morgan fingerprint density at radius 3 is 2.54 bits per heavy atom. The number of carbonyl (C=O) groups excluding carboxylic acids is 1. The molecule has 1 aromatic carbocycles. The maximum absolute atomic E-state index is 12.9. The van der Waals surface area contributed by atoms with E-state index in [1.165, 1.54) is 22.7 Å². The van der Waals surface area contributed by atoms with Crippen molar-refractivity contribution in [2.75, 3.05) is 7.05 Å². The van der Waals surface area contributed by atoms with E-state index >= 15 is 0 Å². The van der Waals surface area contributed by atoms with Gasteiger partial charge in [-0.15, -0.1) is 0 Å². The summed E-state index contributed by atoms with van der Waals surface area (Å²) in [6, 6.07) is 6.59. The van der Waals surface area contributed by atoms with Crippen molar-refractivity contribution in [1.29, 1.82) is 0 Å². The van der Waals surface area contributed by atoms with Gasteiger partial charge in [0.05, 0.1) is 23.4 Å². The van der Waals surface area contributed by atoms with Crippen molar-refractivity contribution in [3.8, 4) is 11.3 Å². The maximum Gasteiger partial charge on any atom is 0.416 e. The van der Waals surface area contributed by atoms with Crippen molar-refractivity contribution in [2.24, 2.45) is 17.8 Å². The first-order valence-corrected chi connectivity index (χ1v) is 7.85. The second kappa shape index (κ2) is 5.86. The van der Waals surface area contributed by atoms with Gasteiger partial charge >= 0.3 is 6.18 Å². The van der Waals surface area contributed by atoms with Gasteiger partial charge in [0.1, 0.15) is 5.54 Å². The van der Waals surface area contributed by atoms with Gasteiger partial charge in [-0.05, 0) is 25.1 Å². The number of rotatable bonds is 2. The monoisotopic (exact) mass is 365 g/mol. The van der Waals surface area contributed by atoms with E-state index in [4.69, 9.17) is 5.73 Å². The summed E-state index contributed by atoms with van der Waals surface area (Å²) in [4.78, 5) is 17.8. The van der Waals surface area contributed by atoms with Crippen LogP contribution in [0.4, 0.5) is 13.2 Å². The predicted molar refractivity (Wildman–Crippen MR) is 90.0 cm³/mol. The Kier molecular flexibility index (Phi) is 4.05. The second-order valence-electron chi connectivity index (χ2n) is 6.49. The Morgan fingerprint density at radius 1 is 1.23 bits per heavy atom. The van der Waals surface area contributed by atoms with Crippen LogP contribution < -0.4 is 5.73 Å². The molecule has 1 aliphatic heterocycles. The average molecular weight is 365 g/mol. The fraction of sp³-hybridized carbons (Fsp3) is 0.353. The second-order valence-corrected chi connectivity index (χ2v) is 6.49. The number of halogens is 3. The van der Waals surface area contributed by atoms with Gasteiger partial charge in [-0.3, -0.25) is 14.4 Å². The lowest BCUT2D eigenvalue weighted by molar-refractivity contribution is -0.137. The van der Waals surface area contributed by atoms with Crippen LogP contribution in [0, 0.1) is 0 Å². The van der Waals surface area contributed by atoms with Crippen molar-refractivity contribution in [1.82, 2.24) is 14.7 Å². The molecule has 0 aliphatic carbocycles. The Balaban J connectivity index is 2.05. The molecule has 0 saturated carbocycles. The number of benzene rings is 1. The molecule has 0 saturated heterocycles. The van der Waals surface area contributed by atoms with Crippen molar-refractivity contribution in [3.63, 3.8) is 0 Å². The molecule has 3 rings (SSSR count). The van der Waals surface area contributed by atoms with Crippen LogP contribution in [0.3, 0.4) is 0 Å². The average Bonchev–Trinajstić information content (AvgIpc) is 2.95. The number of amides is 1. The Hall–Kier alpha value is -2.84. The predicted octanol–water partition coefficient (Wildman–Crippen LogP) is 2.50. The highest BCUT2D eigenvalue weighted by atomic mass is 19.4. The van der Waals surface area contributed by atoms with E-state index in [9.17, 15) is 18.0 Å². The van der Waals surface area contributed by atoms with E-state index in [2.05, 4.69) is 10.1 Å². The Labute approximate surface area is 148 Å². The summed E-state index contributed by atoms with van der Waals surface area (Å²) in [7, 11) is 3.20. The molecular weight excluding hydrogens is 347 g/mol. The van der Waals surface area contributed by atoms with Gasteiger partial charge in [0.15, 0.2) is 5.96 Å². The largest absolute Gasteiger partial charge is 0.416 e. The maximum atomic E-state index is 12.9. The minimum absolute atomic E-state index is 0.0885. The highest BCUT2D eigenvalue weighted by molar-refractivity contribution is 5.98. The minimum atomic E-state index is -4.43. The van der Waals surface area contributed by atoms with Crippen LogP contribution in [-0.2, 0) is 23.6 Å². The first-order valence-electron chi connectivity index (χ1n) is 7.85. The minimum Gasteiger partial charge on any atom is -0.369 e. The van der Waals surface area contributed by atoms with Gasteiger partial charge in [0.2, 0.25) is 5.91 Å². The van der Waals surface area contributed by atoms with Gasteiger partial charge in [0, 0.05) is 19.7 Å². The van der Waals surface area contributed by atoms with Gasteiger partial charge in [0.25, 0.3) is 0 Å². The molecule has 6 nitrogen and oxygen atoms in total. The normalized spacial score (nSPS) is 21.1. The Bertz CT molecular complexity index is 902. The summed E-state index contributed by atoms with van der Waals surface area (Å²) < 4.78 is 40.3. The fourth-order valence-corrected chi connectivity index (χ4v) is 3.02. The molecular formula is C17H18F3N5O. The molecule has 0 fully saturated rings. The molecule has 2 heterocycles. The van der Waals surface area contributed by atoms with Crippen LogP contribution >= 0.6 is 0 Å². The summed E-state index contributed by atoms with van der Waals surface area (Å²) in [5, 5.41) is 4.31. The first-order chi connectivity index (χ1) is 12.0. The third-order valence-electron chi connectivity index (χ3n) is 4.49. The molecule has 1 aromatic heterocycles. The molecule has 1 unspecified atom stereocenters. The molecule has 9 heteroatoms. The fourth-order valence-electron chi connectivity index (χ4n) is 3.02. The van der Waals surface area contributed by atoms with Crippen molar-refractivity contribution in [3.05, 3.63) is 41.6 Å². The van der Waals surface area contributed by atoms with E-state index in [1.54, 1.807) is 26.1 Å². The zero-order valence-electron chi connectivity index (χ0n) is 14.5. The SMILES string of the molecule is CN1C(=O)CC(C)(c2cc(-c3cccc(C(F)(F)F)c3)nn2C)N=C1N. The molecule has 1 amide bonds. The van der Waals surface area contributed by atoms with E-state index in [0.717, 1.165) is 12.1 Å². The number of guanidine groups is 1. The van der Waals surface area contributed by atoms with Gasteiger partial charge in [-0.25, -0.2) is 4.99 Å². The summed E-state index contributed by atoms with van der Waals surface area (Å²) in [5.74, 6) is -0.104. The van der Waals surface area contributed by atoms with Crippen molar-refractivity contribution in [2.45, 2.75) is 25.1 Å². The lowest BCUT2D eigenvalue weighted by Crippen LogP contribution is -2.48. The first kappa shape index (κ1) is 18.0. The number of aromatic nitrogens is 2. The van der Waals surface area contributed by atoms with Crippen molar-refractivity contribution >= 4 is 11.9 Å². The highest BCUT2D eigenvalue weighted by Crippen LogP contribution is 2.36. The van der Waals surface area contributed by atoms with E-state index in [0.29, 0.717) is 17.0 Å². The van der Waals surface area contributed by atoms with Crippen LogP contribution in [0.1, 0.15) is 24.6 Å². The lowest BCUT2D eigenvalue weighted by Gasteiger charge is -2.33. The van der Waals surface area contributed by atoms with Crippen molar-refractivity contribution < 1.29 is 18.0 Å². The number of hydrogen-bond donors (Lipinski definition) is 1. The van der Waals surface area contributed by atoms with E-state index in [-0.39, 0.29) is 18.3 Å². The van der Waals surface area contributed by atoms with Crippen LogP contribution in [-0.4, -0.2) is 33.6 Å². The lowest BCUT2D eigenvalue weighted by atomic mass is 9.91. The number of alkyl halides is 3. The topological polar surface area (TPSA) is 76.5 Å². The van der Waals surface area contributed by atoms with Gasteiger partial charge < -0.3 is 5.73 Å². The number of nitrogens with two attached hydrogens (primary N) is 1. The highest BCUT2D eigenvalue weighted by Gasteiger charge is 2.38. The standard InChI is InChI=1S/C17H18F3N5O/c1-16(9-14(26)24(2)15(21)22-16)13-8-12(23-25(13)3)10-5-4-6-11(7-10)17(18,19)20/h4-8H,9H2,1-3H3,(H2,21,22). The number of aryl methyl sites for hydroxylation is 1. The Morgan fingerprint density at radius 2 is 1.92 bits per heavy atom. The van der Waals surface area contributed by atoms with Crippen LogP contribution in [0.25, 0.3) is 11.3 Å². The molecule has 0 bridgehead atoms. The smallest absolute Gasteiger partial charge is 0.369 e. The number of aliphatic imine (C=N–C) groups is 1. The van der Waals surface area contributed by atoms with Crippen LogP contribution in [0.5, 0.6) is 0 Å². The zero-order valence-corrected chi connectivity index (χ0v) is 14.5. The summed E-state index contributed by atoms with van der Waals surface area (Å²) in [5.41, 5.74) is 5.43. The molecule has 0 radical (unpaired) electrons. The summed E-state index contributed by atoms with van der Waals surface area (Å²) in [6.07, 6.45) is -4.34. The summed E-state index contributed by atoms with van der Waals surface area (Å²) >= 11 is 0. The molecule has 1 aliphatic rings. The molecule has 2 N–H and O–H groups in total. The van der Waals surface area contributed by atoms with Crippen LogP contribution in [0.15, 0.2) is 35.3 Å². The number of nitrogens with zero attached hydrogens (tertiary/aromatic N) is 4. The summed E-state index contributed by atoms with van der Waals surface area (Å²) in [6.45, 7) is 1.75. The quantitative estimate of drug-likeness (QED) is 0.888. The molecule has 26 heavy (non-hydrogen) atoms. The molecule has 138 valence electrons. The third-order valence-corrected chi connectivity index (χ3v) is 4.49. The molecule has 2 aromatic rings. The number of hydrogen-bond acceptors (Lipinski definition) is 4. The number of carbonyl (C=O) groups is 1. The van der Waals surface area contributed by atoms with Gasteiger partial charge in [-0.1, -0.05) is 12.1 Å². The van der Waals surface area contributed by atoms with Crippen LogP contribution in [0.2, 0.25) is 0 Å². The zero-order chi connectivity index (χ0) is 19.3. The third kappa shape index (κ3) is 3.04. The molecule has 0 spiro atoms.